The Balaban J connectivity index is 1.37. The number of hydrogen-bond acceptors (Lipinski definition) is 5. The number of aromatic nitrogens is 2. The molecule has 0 unspecified atom stereocenters. The summed E-state index contributed by atoms with van der Waals surface area (Å²) in [6.45, 7) is 2.53. The van der Waals surface area contributed by atoms with E-state index in [-0.39, 0.29) is 11.9 Å². The van der Waals surface area contributed by atoms with Crippen molar-refractivity contribution in [1.82, 2.24) is 14.9 Å². The maximum absolute atomic E-state index is 13.1. The third-order valence-electron chi connectivity index (χ3n) is 6.38. The molecule has 5 rings (SSSR count). The van der Waals surface area contributed by atoms with Crippen LogP contribution in [0, 0.1) is 6.92 Å². The highest BCUT2D eigenvalue weighted by atomic mass is 32.1. The van der Waals surface area contributed by atoms with Crippen LogP contribution >= 0.6 is 11.3 Å². The van der Waals surface area contributed by atoms with Crippen LogP contribution in [-0.2, 0) is 13.0 Å². The number of aliphatic hydroxyl groups is 1. The highest BCUT2D eigenvalue weighted by Gasteiger charge is 2.38. The molecule has 0 saturated heterocycles. The standard InChI is InChI=1S/C24H25N3O2S/c1-15-18(10-16-6-8-17(9-7-16)21-13-30-14-25-21)11-19-20(26-15)12-27(24(19)29)22-4-2-3-5-23(22)28/h6-9,11,13-14,22-23,28H,2-5,10,12H2,1H3/t22-,23-/m0/s1. The molecule has 1 aliphatic carbocycles. The molecule has 154 valence electrons. The first-order chi connectivity index (χ1) is 14.6. The van der Waals surface area contributed by atoms with Crippen LogP contribution in [0.5, 0.6) is 0 Å². The number of benzene rings is 1. The van der Waals surface area contributed by atoms with E-state index in [9.17, 15) is 9.90 Å². The van der Waals surface area contributed by atoms with Crippen molar-refractivity contribution in [2.75, 3.05) is 0 Å². The summed E-state index contributed by atoms with van der Waals surface area (Å²) >= 11 is 1.59. The summed E-state index contributed by atoms with van der Waals surface area (Å²) < 4.78 is 0. The average molecular weight is 420 g/mol. The molecule has 5 nitrogen and oxygen atoms in total. The minimum Gasteiger partial charge on any atom is -0.391 e. The number of amides is 1. The SMILES string of the molecule is Cc1nc2c(cc1Cc1ccc(-c3cscn3)cc1)C(=O)N([C@H]1CCCC[C@@H]1O)C2. The molecule has 2 atom stereocenters. The van der Waals surface area contributed by atoms with Gasteiger partial charge >= 0.3 is 0 Å². The number of rotatable bonds is 4. The van der Waals surface area contributed by atoms with Gasteiger partial charge in [0.15, 0.2) is 0 Å². The van der Waals surface area contributed by atoms with Gasteiger partial charge in [-0.1, -0.05) is 37.1 Å². The van der Waals surface area contributed by atoms with E-state index in [4.69, 9.17) is 4.98 Å². The van der Waals surface area contributed by atoms with Crippen molar-refractivity contribution >= 4 is 17.2 Å². The normalized spacial score (nSPS) is 21.1. The Morgan fingerprint density at radius 1 is 1.20 bits per heavy atom. The highest BCUT2D eigenvalue weighted by Crippen LogP contribution is 2.32. The quantitative estimate of drug-likeness (QED) is 0.682. The fraction of sp³-hybridized carbons (Fsp3) is 0.375. The average Bonchev–Trinajstić information content (AvgIpc) is 3.39. The summed E-state index contributed by atoms with van der Waals surface area (Å²) in [4.78, 5) is 24.1. The molecule has 6 heteroatoms. The minimum atomic E-state index is -0.422. The zero-order valence-electron chi connectivity index (χ0n) is 17.0. The molecule has 3 heterocycles. The van der Waals surface area contributed by atoms with E-state index in [1.807, 2.05) is 28.8 Å². The van der Waals surface area contributed by atoms with Gasteiger partial charge in [0.2, 0.25) is 0 Å². The van der Waals surface area contributed by atoms with E-state index in [2.05, 4.69) is 29.2 Å². The van der Waals surface area contributed by atoms with E-state index in [0.29, 0.717) is 12.1 Å². The number of nitrogens with zero attached hydrogens (tertiary/aromatic N) is 3. The van der Waals surface area contributed by atoms with E-state index in [0.717, 1.165) is 60.3 Å². The topological polar surface area (TPSA) is 66.3 Å². The van der Waals surface area contributed by atoms with E-state index >= 15 is 0 Å². The number of fused-ring (bicyclic) bond motifs is 1. The van der Waals surface area contributed by atoms with Gasteiger partial charge in [0, 0.05) is 16.6 Å². The molecule has 1 fully saturated rings. The van der Waals surface area contributed by atoms with Crippen LogP contribution in [0.3, 0.4) is 0 Å². The van der Waals surface area contributed by atoms with Crippen molar-refractivity contribution in [3.63, 3.8) is 0 Å². The number of carbonyl (C=O) groups is 1. The molecule has 1 saturated carbocycles. The summed E-state index contributed by atoms with van der Waals surface area (Å²) in [7, 11) is 0. The van der Waals surface area contributed by atoms with Crippen molar-refractivity contribution in [2.45, 2.75) is 57.7 Å². The van der Waals surface area contributed by atoms with Crippen molar-refractivity contribution in [3.8, 4) is 11.3 Å². The molecule has 1 amide bonds. The van der Waals surface area contributed by atoms with Crippen molar-refractivity contribution < 1.29 is 9.90 Å². The second-order valence-corrected chi connectivity index (χ2v) is 9.05. The fourth-order valence-electron chi connectivity index (χ4n) is 4.66. The molecular formula is C24H25N3O2S. The third-order valence-corrected chi connectivity index (χ3v) is 6.97. The lowest BCUT2D eigenvalue weighted by molar-refractivity contribution is 0.0189. The molecule has 2 aromatic heterocycles. The summed E-state index contributed by atoms with van der Waals surface area (Å²) in [5, 5.41) is 12.4. The molecule has 0 bridgehead atoms. The Hall–Kier alpha value is -2.57. The molecule has 0 radical (unpaired) electrons. The zero-order valence-corrected chi connectivity index (χ0v) is 17.9. The van der Waals surface area contributed by atoms with Crippen LogP contribution in [0.25, 0.3) is 11.3 Å². The number of pyridine rings is 1. The first kappa shape index (κ1) is 19.4. The summed E-state index contributed by atoms with van der Waals surface area (Å²) in [6, 6.07) is 10.4. The van der Waals surface area contributed by atoms with Gasteiger partial charge < -0.3 is 10.0 Å². The minimum absolute atomic E-state index is 0.0172. The van der Waals surface area contributed by atoms with Gasteiger partial charge in [-0.15, -0.1) is 11.3 Å². The molecule has 3 aromatic rings. The van der Waals surface area contributed by atoms with Crippen LogP contribution in [0.4, 0.5) is 0 Å². The second kappa shape index (κ2) is 7.93. The summed E-state index contributed by atoms with van der Waals surface area (Å²) in [5.41, 5.74) is 8.73. The molecule has 30 heavy (non-hydrogen) atoms. The van der Waals surface area contributed by atoms with Crippen LogP contribution in [0.1, 0.15) is 58.6 Å². The van der Waals surface area contributed by atoms with Crippen LogP contribution in [-0.4, -0.2) is 38.0 Å². The summed E-state index contributed by atoms with van der Waals surface area (Å²) in [5.74, 6) is 0.0172. The van der Waals surface area contributed by atoms with Gasteiger partial charge in [-0.2, -0.15) is 0 Å². The van der Waals surface area contributed by atoms with Gasteiger partial charge in [0.25, 0.3) is 5.91 Å². The number of carbonyl (C=O) groups excluding carboxylic acids is 1. The van der Waals surface area contributed by atoms with E-state index in [1.165, 1.54) is 5.56 Å². The Bertz CT molecular complexity index is 1060. The predicted molar refractivity (Wildman–Crippen MR) is 117 cm³/mol. The maximum Gasteiger partial charge on any atom is 0.256 e. The van der Waals surface area contributed by atoms with Crippen LogP contribution < -0.4 is 0 Å². The summed E-state index contributed by atoms with van der Waals surface area (Å²) in [6.07, 6.45) is 4.07. The zero-order chi connectivity index (χ0) is 20.7. The number of hydrogen-bond donors (Lipinski definition) is 1. The number of aliphatic hydroxyl groups excluding tert-OH is 1. The Labute approximate surface area is 180 Å². The Morgan fingerprint density at radius 3 is 2.73 bits per heavy atom. The number of aryl methyl sites for hydroxylation is 1. The Kier molecular flexibility index (Phi) is 5.13. The van der Waals surface area contributed by atoms with Gasteiger partial charge in [-0.05, 0) is 43.4 Å². The largest absolute Gasteiger partial charge is 0.391 e. The van der Waals surface area contributed by atoms with Crippen molar-refractivity contribution in [1.29, 1.82) is 0 Å². The molecule has 1 aromatic carbocycles. The van der Waals surface area contributed by atoms with Crippen LogP contribution in [0.15, 0.2) is 41.2 Å². The fourth-order valence-corrected chi connectivity index (χ4v) is 5.22. The molecule has 1 N–H and O–H groups in total. The predicted octanol–water partition coefficient (Wildman–Crippen LogP) is 4.36. The van der Waals surface area contributed by atoms with Crippen molar-refractivity contribution in [2.24, 2.45) is 0 Å². The highest BCUT2D eigenvalue weighted by molar-refractivity contribution is 7.07. The molecular weight excluding hydrogens is 394 g/mol. The lowest BCUT2D eigenvalue weighted by Crippen LogP contribution is -2.45. The van der Waals surface area contributed by atoms with Crippen molar-refractivity contribution in [3.05, 3.63) is 69.3 Å². The first-order valence-corrected chi connectivity index (χ1v) is 11.5. The molecule has 2 aliphatic rings. The maximum atomic E-state index is 13.1. The smallest absolute Gasteiger partial charge is 0.256 e. The van der Waals surface area contributed by atoms with E-state index in [1.54, 1.807) is 11.3 Å². The molecule has 1 aliphatic heterocycles. The van der Waals surface area contributed by atoms with E-state index < -0.39 is 6.10 Å². The van der Waals surface area contributed by atoms with Gasteiger partial charge in [-0.25, -0.2) is 4.98 Å². The number of thiazole rings is 1. The third kappa shape index (κ3) is 3.55. The molecule has 0 spiro atoms. The second-order valence-electron chi connectivity index (χ2n) is 8.33. The van der Waals surface area contributed by atoms with Crippen LogP contribution in [0.2, 0.25) is 0 Å². The van der Waals surface area contributed by atoms with Gasteiger partial charge in [0.05, 0.1) is 41.2 Å². The lowest BCUT2D eigenvalue weighted by atomic mass is 9.91. The monoisotopic (exact) mass is 419 g/mol. The van der Waals surface area contributed by atoms with Gasteiger partial charge in [0.1, 0.15) is 0 Å². The first-order valence-electron chi connectivity index (χ1n) is 10.6. The van der Waals surface area contributed by atoms with Gasteiger partial charge in [-0.3, -0.25) is 9.78 Å². The lowest BCUT2D eigenvalue weighted by Gasteiger charge is -2.34. The Morgan fingerprint density at radius 2 is 2.00 bits per heavy atom.